The van der Waals surface area contributed by atoms with Gasteiger partial charge in [-0.25, -0.2) is 0 Å². The molecule has 1 amide bonds. The molecule has 6 nitrogen and oxygen atoms in total. The molecule has 2 aromatic carbocycles. The van der Waals surface area contributed by atoms with E-state index in [4.69, 9.17) is 10.00 Å². The summed E-state index contributed by atoms with van der Waals surface area (Å²) in [5, 5.41) is 18.9. The maximum Gasteiger partial charge on any atom is 0.258 e. The number of benzene rings is 2. The number of amides is 1. The van der Waals surface area contributed by atoms with E-state index in [1.165, 1.54) is 0 Å². The molecule has 1 heterocycles. The standard InChI is InChI=1S/C20H18N4O2/c1-26-17-7-4-5-14(11-17)9-10-16-12-19(24-23-16)22-20(25)18-8-3-2-6-15(18)13-21/h2-8,11-12H,9-10H2,1H3,(H2,22,23,24,25). The van der Waals surface area contributed by atoms with E-state index in [2.05, 4.69) is 15.5 Å². The van der Waals surface area contributed by atoms with Crippen molar-refractivity contribution in [3.8, 4) is 11.8 Å². The number of aromatic nitrogens is 2. The van der Waals surface area contributed by atoms with Gasteiger partial charge in [0.1, 0.15) is 5.75 Å². The molecule has 3 rings (SSSR count). The quantitative estimate of drug-likeness (QED) is 0.716. The van der Waals surface area contributed by atoms with Crippen LogP contribution in [0.4, 0.5) is 5.82 Å². The molecule has 0 fully saturated rings. The lowest BCUT2D eigenvalue weighted by molar-refractivity contribution is 0.102. The largest absolute Gasteiger partial charge is 0.497 e. The predicted octanol–water partition coefficient (Wildman–Crippen LogP) is 3.33. The summed E-state index contributed by atoms with van der Waals surface area (Å²) in [6.45, 7) is 0. The third kappa shape index (κ3) is 4.08. The summed E-state index contributed by atoms with van der Waals surface area (Å²) in [6.07, 6.45) is 1.58. The van der Waals surface area contributed by atoms with Gasteiger partial charge >= 0.3 is 0 Å². The molecule has 0 unspecified atom stereocenters. The van der Waals surface area contributed by atoms with Crippen LogP contribution < -0.4 is 10.1 Å². The Morgan fingerprint density at radius 1 is 1.19 bits per heavy atom. The van der Waals surface area contributed by atoms with E-state index in [0.29, 0.717) is 16.9 Å². The van der Waals surface area contributed by atoms with Crippen LogP contribution in [0, 0.1) is 11.3 Å². The smallest absolute Gasteiger partial charge is 0.258 e. The Morgan fingerprint density at radius 2 is 2.04 bits per heavy atom. The molecule has 0 aliphatic carbocycles. The van der Waals surface area contributed by atoms with Gasteiger partial charge in [-0.15, -0.1) is 0 Å². The Hall–Kier alpha value is -3.59. The summed E-state index contributed by atoms with van der Waals surface area (Å²) in [7, 11) is 1.65. The van der Waals surface area contributed by atoms with E-state index in [-0.39, 0.29) is 5.91 Å². The van der Waals surface area contributed by atoms with E-state index in [1.54, 1.807) is 37.4 Å². The van der Waals surface area contributed by atoms with Gasteiger partial charge in [-0.3, -0.25) is 9.89 Å². The zero-order valence-electron chi connectivity index (χ0n) is 14.3. The molecule has 0 saturated carbocycles. The Labute approximate surface area is 151 Å². The second-order valence-electron chi connectivity index (χ2n) is 5.74. The zero-order valence-corrected chi connectivity index (χ0v) is 14.3. The van der Waals surface area contributed by atoms with E-state index >= 15 is 0 Å². The van der Waals surface area contributed by atoms with E-state index < -0.39 is 0 Å². The van der Waals surface area contributed by atoms with Crippen molar-refractivity contribution in [1.29, 1.82) is 5.26 Å². The van der Waals surface area contributed by atoms with E-state index in [9.17, 15) is 4.79 Å². The molecule has 0 spiro atoms. The van der Waals surface area contributed by atoms with Gasteiger partial charge in [0.25, 0.3) is 5.91 Å². The Balaban J connectivity index is 1.63. The number of methoxy groups -OCH3 is 1. The molecule has 130 valence electrons. The average Bonchev–Trinajstić information content (AvgIpc) is 3.13. The average molecular weight is 346 g/mol. The van der Waals surface area contributed by atoms with Crippen molar-refractivity contribution in [3.63, 3.8) is 0 Å². The lowest BCUT2D eigenvalue weighted by Gasteiger charge is -2.03. The van der Waals surface area contributed by atoms with Crippen molar-refractivity contribution in [2.75, 3.05) is 12.4 Å². The normalized spacial score (nSPS) is 10.2. The minimum Gasteiger partial charge on any atom is -0.497 e. The molecule has 0 aliphatic heterocycles. The number of carbonyl (C=O) groups excluding carboxylic acids is 1. The fourth-order valence-electron chi connectivity index (χ4n) is 2.62. The molecule has 0 bridgehead atoms. The first kappa shape index (κ1) is 17.2. The van der Waals surface area contributed by atoms with Crippen LogP contribution in [0.25, 0.3) is 0 Å². The highest BCUT2D eigenvalue weighted by Crippen LogP contribution is 2.16. The number of H-pyrrole nitrogens is 1. The van der Waals surface area contributed by atoms with E-state index in [0.717, 1.165) is 29.8 Å². The van der Waals surface area contributed by atoms with Gasteiger partial charge < -0.3 is 10.1 Å². The third-order valence-electron chi connectivity index (χ3n) is 3.98. The van der Waals surface area contributed by atoms with Crippen molar-refractivity contribution >= 4 is 11.7 Å². The maximum atomic E-state index is 12.3. The van der Waals surface area contributed by atoms with Crippen LogP contribution >= 0.6 is 0 Å². The maximum absolute atomic E-state index is 12.3. The van der Waals surface area contributed by atoms with Crippen LogP contribution in [0.2, 0.25) is 0 Å². The lowest BCUT2D eigenvalue weighted by atomic mass is 10.1. The van der Waals surface area contributed by atoms with Gasteiger partial charge in [0.15, 0.2) is 5.82 Å². The van der Waals surface area contributed by atoms with Crippen LogP contribution in [-0.2, 0) is 12.8 Å². The Kier molecular flexibility index (Phi) is 5.30. The summed E-state index contributed by atoms with van der Waals surface area (Å²) < 4.78 is 5.23. The molecular formula is C20H18N4O2. The molecule has 1 aromatic heterocycles. The van der Waals surface area contributed by atoms with E-state index in [1.807, 2.05) is 30.3 Å². The van der Waals surface area contributed by atoms with Crippen LogP contribution in [0.15, 0.2) is 54.6 Å². The second-order valence-corrected chi connectivity index (χ2v) is 5.74. The van der Waals surface area contributed by atoms with Gasteiger partial charge in [0.2, 0.25) is 0 Å². The highest BCUT2D eigenvalue weighted by molar-refractivity contribution is 6.05. The van der Waals surface area contributed by atoms with Crippen molar-refractivity contribution in [1.82, 2.24) is 10.2 Å². The minimum atomic E-state index is -0.354. The highest BCUT2D eigenvalue weighted by atomic mass is 16.5. The van der Waals surface area contributed by atoms with Crippen LogP contribution in [0.5, 0.6) is 5.75 Å². The number of hydrogen-bond donors (Lipinski definition) is 2. The van der Waals surface area contributed by atoms with Crippen LogP contribution in [0.1, 0.15) is 27.2 Å². The molecule has 0 atom stereocenters. The lowest BCUT2D eigenvalue weighted by Crippen LogP contribution is -2.13. The Morgan fingerprint density at radius 3 is 2.85 bits per heavy atom. The minimum absolute atomic E-state index is 0.330. The first-order valence-corrected chi connectivity index (χ1v) is 8.17. The SMILES string of the molecule is COc1cccc(CCc2cc(NC(=O)c3ccccc3C#N)n[nH]2)c1. The predicted molar refractivity (Wildman–Crippen MR) is 98.1 cm³/mol. The molecule has 2 N–H and O–H groups in total. The highest BCUT2D eigenvalue weighted by Gasteiger charge is 2.12. The molecular weight excluding hydrogens is 328 g/mol. The van der Waals surface area contributed by atoms with Crippen LogP contribution in [-0.4, -0.2) is 23.2 Å². The van der Waals surface area contributed by atoms with Crippen molar-refractivity contribution < 1.29 is 9.53 Å². The number of hydrogen-bond acceptors (Lipinski definition) is 4. The third-order valence-corrected chi connectivity index (χ3v) is 3.98. The summed E-state index contributed by atoms with van der Waals surface area (Å²) in [5.41, 5.74) is 2.74. The molecule has 26 heavy (non-hydrogen) atoms. The fourth-order valence-corrected chi connectivity index (χ4v) is 2.62. The van der Waals surface area contributed by atoms with Gasteiger partial charge in [-0.05, 0) is 42.7 Å². The Bertz CT molecular complexity index is 956. The van der Waals surface area contributed by atoms with Gasteiger partial charge in [0.05, 0.1) is 24.3 Å². The number of carbonyl (C=O) groups is 1. The zero-order chi connectivity index (χ0) is 18.4. The summed E-state index contributed by atoms with van der Waals surface area (Å²) in [5.74, 6) is 0.910. The molecule has 0 radical (unpaired) electrons. The summed E-state index contributed by atoms with van der Waals surface area (Å²) in [4.78, 5) is 12.3. The van der Waals surface area contributed by atoms with Crippen LogP contribution in [0.3, 0.4) is 0 Å². The van der Waals surface area contributed by atoms with Gasteiger partial charge in [-0.2, -0.15) is 10.4 Å². The van der Waals surface area contributed by atoms with Crippen molar-refractivity contribution in [2.24, 2.45) is 0 Å². The molecule has 6 heteroatoms. The number of aryl methyl sites for hydroxylation is 2. The van der Waals surface area contributed by atoms with Gasteiger partial charge in [0, 0.05) is 11.8 Å². The molecule has 3 aromatic rings. The monoisotopic (exact) mass is 346 g/mol. The number of nitrogens with zero attached hydrogens (tertiary/aromatic N) is 2. The van der Waals surface area contributed by atoms with Gasteiger partial charge in [-0.1, -0.05) is 24.3 Å². The van der Waals surface area contributed by atoms with Crippen molar-refractivity contribution in [3.05, 3.63) is 77.0 Å². The number of nitrogens with one attached hydrogen (secondary N) is 2. The fraction of sp³-hybridized carbons (Fsp3) is 0.150. The first-order valence-electron chi connectivity index (χ1n) is 8.17. The first-order chi connectivity index (χ1) is 12.7. The summed E-state index contributed by atoms with van der Waals surface area (Å²) >= 11 is 0. The molecule has 0 saturated heterocycles. The molecule has 0 aliphatic rings. The number of ether oxygens (including phenoxy) is 1. The van der Waals surface area contributed by atoms with Crippen molar-refractivity contribution in [2.45, 2.75) is 12.8 Å². The second kappa shape index (κ2) is 7.99. The topological polar surface area (TPSA) is 90.8 Å². The number of anilines is 1. The number of nitriles is 1. The number of rotatable bonds is 6. The number of aromatic amines is 1. The summed E-state index contributed by atoms with van der Waals surface area (Å²) in [6, 6.07) is 18.4.